The number of hydrogen-bond donors (Lipinski definition) is 1. The molecule has 9 heteroatoms. The first kappa shape index (κ1) is 18.3. The minimum Gasteiger partial charge on any atom is -0.379 e. The number of imidazole rings is 1. The molecule has 0 atom stereocenters. The Morgan fingerprint density at radius 2 is 1.97 bits per heavy atom. The average molecular weight is 412 g/mol. The largest absolute Gasteiger partial charge is 0.379 e. The number of ether oxygens (including phenoxy) is 1. The van der Waals surface area contributed by atoms with E-state index in [0.717, 1.165) is 48.9 Å². The highest BCUT2D eigenvalue weighted by molar-refractivity contribution is 6.29. The van der Waals surface area contributed by atoms with Crippen molar-refractivity contribution in [1.29, 1.82) is 0 Å². The van der Waals surface area contributed by atoms with Crippen LogP contribution in [0.4, 0.5) is 5.95 Å². The van der Waals surface area contributed by atoms with Crippen LogP contribution in [0.3, 0.4) is 0 Å². The summed E-state index contributed by atoms with van der Waals surface area (Å²) in [7, 11) is 0. The van der Waals surface area contributed by atoms with E-state index >= 15 is 0 Å². The van der Waals surface area contributed by atoms with E-state index in [1.807, 2.05) is 29.2 Å². The minimum absolute atomic E-state index is 0.383. The normalized spacial score (nSPS) is 19.8. The molecule has 4 aromatic rings. The summed E-state index contributed by atoms with van der Waals surface area (Å²) in [5.74, 6) is 1.22. The molecule has 4 aromatic heterocycles. The summed E-state index contributed by atoms with van der Waals surface area (Å²) in [6.45, 7) is 2.84. The summed E-state index contributed by atoms with van der Waals surface area (Å²) in [6, 6.07) is 2.39. The third-order valence-corrected chi connectivity index (χ3v) is 5.74. The lowest BCUT2D eigenvalue weighted by molar-refractivity contribution is 0.0346. The molecule has 0 radical (unpaired) electrons. The molecule has 1 saturated carbocycles. The van der Waals surface area contributed by atoms with Gasteiger partial charge in [0.25, 0.3) is 0 Å². The van der Waals surface area contributed by atoms with Crippen molar-refractivity contribution in [2.75, 3.05) is 11.9 Å². The molecule has 8 nitrogen and oxygen atoms in total. The van der Waals surface area contributed by atoms with Gasteiger partial charge in [-0.3, -0.25) is 4.40 Å². The maximum absolute atomic E-state index is 6.18. The second-order valence-electron chi connectivity index (χ2n) is 7.31. The van der Waals surface area contributed by atoms with Gasteiger partial charge in [-0.2, -0.15) is 0 Å². The first-order chi connectivity index (χ1) is 14.2. The van der Waals surface area contributed by atoms with E-state index in [9.17, 15) is 0 Å². The molecule has 0 aliphatic heterocycles. The summed E-state index contributed by atoms with van der Waals surface area (Å²) in [6.07, 6.45) is 13.8. The molecule has 5 rings (SSSR count). The van der Waals surface area contributed by atoms with Gasteiger partial charge < -0.3 is 10.1 Å². The highest BCUT2D eigenvalue weighted by Crippen LogP contribution is 2.27. The molecule has 0 spiro atoms. The molecular formula is C20H22ClN7O. The van der Waals surface area contributed by atoms with Crippen LogP contribution in [0.1, 0.15) is 32.6 Å². The van der Waals surface area contributed by atoms with Crippen molar-refractivity contribution in [2.45, 2.75) is 44.8 Å². The lowest BCUT2D eigenvalue weighted by Gasteiger charge is -2.28. The zero-order valence-corrected chi connectivity index (χ0v) is 16.9. The monoisotopic (exact) mass is 411 g/mol. The molecule has 0 unspecified atom stereocenters. The molecule has 0 saturated heterocycles. The van der Waals surface area contributed by atoms with Crippen molar-refractivity contribution in [3.63, 3.8) is 0 Å². The number of rotatable bonds is 5. The number of nitrogens with one attached hydrogen (secondary N) is 1. The average Bonchev–Trinajstić information content (AvgIpc) is 3.33. The van der Waals surface area contributed by atoms with E-state index in [4.69, 9.17) is 16.3 Å². The minimum atomic E-state index is 0.383. The first-order valence-corrected chi connectivity index (χ1v) is 10.3. The fourth-order valence-corrected chi connectivity index (χ4v) is 4.16. The molecule has 0 aromatic carbocycles. The maximum atomic E-state index is 6.18. The third-order valence-electron chi connectivity index (χ3n) is 5.46. The molecular weight excluding hydrogens is 390 g/mol. The van der Waals surface area contributed by atoms with Crippen LogP contribution < -0.4 is 5.32 Å². The fourth-order valence-electron chi connectivity index (χ4n) is 3.99. The van der Waals surface area contributed by atoms with Crippen molar-refractivity contribution in [1.82, 2.24) is 29.0 Å². The van der Waals surface area contributed by atoms with E-state index in [1.165, 1.54) is 0 Å². The molecule has 1 fully saturated rings. The standard InChI is InChI=1S/C20H22ClN7O/c1-2-29-15-5-3-14(4-6-15)25-19-22-10-17-16(7-8-28(17)26-19)13-9-23-20-24-11-18(21)27(20)12-13/h7-12,14-15H,2-6H2,1H3,(H,25,26)/t14-,15+. The van der Waals surface area contributed by atoms with Gasteiger partial charge in [0.15, 0.2) is 0 Å². The van der Waals surface area contributed by atoms with Crippen molar-refractivity contribution in [3.8, 4) is 11.1 Å². The summed E-state index contributed by atoms with van der Waals surface area (Å²) in [5.41, 5.74) is 2.83. The molecule has 1 aliphatic carbocycles. The van der Waals surface area contributed by atoms with Crippen molar-refractivity contribution in [3.05, 3.63) is 42.2 Å². The molecule has 0 bridgehead atoms. The predicted octanol–water partition coefficient (Wildman–Crippen LogP) is 3.85. The van der Waals surface area contributed by atoms with Crippen molar-refractivity contribution < 1.29 is 4.74 Å². The number of hydrogen-bond acceptors (Lipinski definition) is 6. The van der Waals surface area contributed by atoms with Gasteiger partial charge in [0.2, 0.25) is 11.7 Å². The smallest absolute Gasteiger partial charge is 0.241 e. The molecule has 1 N–H and O–H groups in total. The van der Waals surface area contributed by atoms with Crippen LogP contribution in [0.5, 0.6) is 0 Å². The van der Waals surface area contributed by atoms with Crippen LogP contribution in [0.2, 0.25) is 5.15 Å². The van der Waals surface area contributed by atoms with Gasteiger partial charge in [-0.05, 0) is 38.7 Å². The quantitative estimate of drug-likeness (QED) is 0.537. The van der Waals surface area contributed by atoms with Gasteiger partial charge in [-0.25, -0.2) is 19.5 Å². The number of halogens is 1. The van der Waals surface area contributed by atoms with Gasteiger partial charge in [-0.1, -0.05) is 11.6 Å². The number of aromatic nitrogens is 6. The Morgan fingerprint density at radius 1 is 1.14 bits per heavy atom. The van der Waals surface area contributed by atoms with Gasteiger partial charge in [0.1, 0.15) is 5.15 Å². The van der Waals surface area contributed by atoms with E-state index in [1.54, 1.807) is 16.8 Å². The second kappa shape index (κ2) is 7.61. The molecule has 4 heterocycles. The SMILES string of the molecule is CCO[C@H]1CC[C@@H](Nc2ncc3c(-c4cnc5ncc(Cl)n5c4)ccn3n2)CC1. The lowest BCUT2D eigenvalue weighted by atomic mass is 9.93. The highest BCUT2D eigenvalue weighted by Gasteiger charge is 2.22. The van der Waals surface area contributed by atoms with E-state index in [-0.39, 0.29) is 0 Å². The van der Waals surface area contributed by atoms with E-state index in [0.29, 0.717) is 29.0 Å². The number of fused-ring (bicyclic) bond motifs is 2. The highest BCUT2D eigenvalue weighted by atomic mass is 35.5. The van der Waals surface area contributed by atoms with Gasteiger partial charge in [0, 0.05) is 42.4 Å². The van der Waals surface area contributed by atoms with Crippen molar-refractivity contribution in [2.24, 2.45) is 0 Å². The zero-order valence-electron chi connectivity index (χ0n) is 16.1. The Hall–Kier alpha value is -2.71. The topological polar surface area (TPSA) is 81.6 Å². The van der Waals surface area contributed by atoms with E-state index in [2.05, 4.69) is 32.3 Å². The molecule has 150 valence electrons. The van der Waals surface area contributed by atoms with Gasteiger partial charge >= 0.3 is 0 Å². The molecule has 29 heavy (non-hydrogen) atoms. The van der Waals surface area contributed by atoms with Gasteiger partial charge in [-0.15, -0.1) is 5.10 Å². The lowest BCUT2D eigenvalue weighted by Crippen LogP contribution is -2.30. The van der Waals surface area contributed by atoms with Crippen LogP contribution in [0, 0.1) is 0 Å². The summed E-state index contributed by atoms with van der Waals surface area (Å²) >= 11 is 6.18. The van der Waals surface area contributed by atoms with Crippen LogP contribution in [-0.4, -0.2) is 47.7 Å². The first-order valence-electron chi connectivity index (χ1n) is 9.93. The Labute approximate surface area is 172 Å². The maximum Gasteiger partial charge on any atom is 0.241 e. The van der Waals surface area contributed by atoms with Crippen LogP contribution in [0.25, 0.3) is 22.4 Å². The van der Waals surface area contributed by atoms with Crippen LogP contribution in [-0.2, 0) is 4.74 Å². The third kappa shape index (κ3) is 3.54. The van der Waals surface area contributed by atoms with Crippen LogP contribution >= 0.6 is 11.6 Å². The fraction of sp³-hybridized carbons (Fsp3) is 0.400. The Balaban J connectivity index is 1.36. The number of nitrogens with zero attached hydrogens (tertiary/aromatic N) is 6. The zero-order chi connectivity index (χ0) is 19.8. The van der Waals surface area contributed by atoms with Gasteiger partial charge in [0.05, 0.1) is 24.0 Å². The predicted molar refractivity (Wildman–Crippen MR) is 111 cm³/mol. The summed E-state index contributed by atoms with van der Waals surface area (Å²) < 4.78 is 9.33. The van der Waals surface area contributed by atoms with Crippen LogP contribution in [0.15, 0.2) is 37.1 Å². The Kier molecular flexibility index (Phi) is 4.81. The summed E-state index contributed by atoms with van der Waals surface area (Å²) in [5, 5.41) is 8.64. The molecule has 0 amide bonds. The molecule has 1 aliphatic rings. The number of anilines is 1. The Bertz CT molecular complexity index is 1150. The van der Waals surface area contributed by atoms with Crippen molar-refractivity contribution >= 4 is 28.8 Å². The second-order valence-corrected chi connectivity index (χ2v) is 7.70. The summed E-state index contributed by atoms with van der Waals surface area (Å²) in [4.78, 5) is 13.1. The van der Waals surface area contributed by atoms with E-state index < -0.39 is 0 Å². The Morgan fingerprint density at radius 3 is 2.79 bits per heavy atom.